The van der Waals surface area contributed by atoms with Gasteiger partial charge in [0, 0.05) is 16.3 Å². The monoisotopic (exact) mass is 302 g/mol. The van der Waals surface area contributed by atoms with Crippen LogP contribution >= 0.6 is 11.6 Å². The minimum absolute atomic E-state index is 0.229. The molecule has 4 aromatic rings. The molecule has 0 aliphatic carbocycles. The van der Waals surface area contributed by atoms with E-state index < -0.39 is 0 Å². The van der Waals surface area contributed by atoms with Crippen LogP contribution in [0.1, 0.15) is 11.5 Å². The predicted molar refractivity (Wildman–Crippen MR) is 80.4 cm³/mol. The number of benzene rings is 1. The van der Waals surface area contributed by atoms with Gasteiger partial charge in [-0.3, -0.25) is 0 Å². The maximum absolute atomic E-state index is 6.45. The number of rotatable bonds is 1. The van der Waals surface area contributed by atoms with Crippen molar-refractivity contribution in [3.05, 3.63) is 34.9 Å². The highest BCUT2D eigenvalue weighted by Gasteiger charge is 2.23. The van der Waals surface area contributed by atoms with Gasteiger partial charge >= 0.3 is 0 Å². The van der Waals surface area contributed by atoms with Gasteiger partial charge in [0.2, 0.25) is 5.88 Å². The Bertz CT molecular complexity index is 936. The summed E-state index contributed by atoms with van der Waals surface area (Å²) >= 11 is 6.45. The third-order valence-electron chi connectivity index (χ3n) is 3.51. The molecular weight excluding hydrogens is 292 g/mol. The largest absolute Gasteiger partial charge is 0.461 e. The molecule has 3 aromatic heterocycles. The van der Waals surface area contributed by atoms with Crippen LogP contribution in [0.15, 0.2) is 31.7 Å². The molecule has 0 saturated carbocycles. The van der Waals surface area contributed by atoms with Gasteiger partial charge in [0.1, 0.15) is 17.1 Å². The van der Waals surface area contributed by atoms with Crippen molar-refractivity contribution in [1.82, 2.24) is 5.16 Å². The minimum atomic E-state index is 0.229. The minimum Gasteiger partial charge on any atom is -0.461 e. The normalized spacial score (nSPS) is 11.8. The average Bonchev–Trinajstić information content (AvgIpc) is 3.10. The maximum Gasteiger partial charge on any atom is 0.230 e. The summed E-state index contributed by atoms with van der Waals surface area (Å²) in [5.41, 5.74) is 8.58. The average molecular weight is 303 g/mol. The van der Waals surface area contributed by atoms with Crippen LogP contribution in [-0.2, 0) is 0 Å². The number of furan rings is 2. The Morgan fingerprint density at radius 1 is 1.05 bits per heavy atom. The summed E-state index contributed by atoms with van der Waals surface area (Å²) in [6, 6.07) is 3.78. The number of hydrogen-bond acceptors (Lipinski definition) is 5. The highest BCUT2D eigenvalue weighted by molar-refractivity contribution is 6.41. The molecule has 0 saturated heterocycles. The molecule has 6 heteroatoms. The van der Waals surface area contributed by atoms with Crippen molar-refractivity contribution in [3.8, 4) is 11.1 Å². The van der Waals surface area contributed by atoms with E-state index >= 15 is 0 Å². The van der Waals surface area contributed by atoms with Crippen LogP contribution in [0.3, 0.4) is 0 Å². The Hall–Kier alpha value is -2.40. The van der Waals surface area contributed by atoms with E-state index in [-0.39, 0.29) is 5.88 Å². The van der Waals surface area contributed by atoms with E-state index in [4.69, 9.17) is 30.7 Å². The number of nitrogen functional groups attached to an aromatic ring is 1. The molecule has 1 aromatic carbocycles. The van der Waals surface area contributed by atoms with E-state index in [1.807, 2.05) is 26.0 Å². The summed E-state index contributed by atoms with van der Waals surface area (Å²) in [6.07, 6.45) is 1.57. The number of nitrogens with two attached hydrogens (primary N) is 1. The number of anilines is 1. The molecule has 0 aliphatic heterocycles. The van der Waals surface area contributed by atoms with Crippen molar-refractivity contribution < 1.29 is 13.4 Å². The summed E-state index contributed by atoms with van der Waals surface area (Å²) < 4.78 is 16.5. The molecule has 0 spiro atoms. The SMILES string of the molecule is Cc1cc2c(-c3cnoc3N)c3oc(C)cc3c(Cl)c2o1. The zero-order valence-corrected chi connectivity index (χ0v) is 12.1. The highest BCUT2D eigenvalue weighted by Crippen LogP contribution is 2.45. The molecule has 21 heavy (non-hydrogen) atoms. The van der Waals surface area contributed by atoms with Gasteiger partial charge in [-0.1, -0.05) is 16.8 Å². The third-order valence-corrected chi connectivity index (χ3v) is 3.89. The summed E-state index contributed by atoms with van der Waals surface area (Å²) in [7, 11) is 0. The quantitative estimate of drug-likeness (QED) is 0.552. The van der Waals surface area contributed by atoms with Gasteiger partial charge in [0.25, 0.3) is 0 Å². The lowest BCUT2D eigenvalue weighted by atomic mass is 10.0. The number of nitrogens with zero attached hydrogens (tertiary/aromatic N) is 1. The summed E-state index contributed by atoms with van der Waals surface area (Å²) in [5.74, 6) is 1.74. The fourth-order valence-corrected chi connectivity index (χ4v) is 2.96. The lowest BCUT2D eigenvalue weighted by molar-refractivity contribution is 0.436. The van der Waals surface area contributed by atoms with Gasteiger partial charge in [-0.2, -0.15) is 0 Å². The first kappa shape index (κ1) is 12.3. The van der Waals surface area contributed by atoms with Crippen LogP contribution in [0.4, 0.5) is 5.88 Å². The maximum atomic E-state index is 6.45. The first-order chi connectivity index (χ1) is 10.1. The standard InChI is InChI=1S/C15H11ClN2O3/c1-6-3-8-11(10-5-18-21-15(10)17)13-9(4-7(2)19-13)12(16)14(8)20-6/h3-5H,17H2,1-2H3. The molecular formula is C15H11ClN2O3. The first-order valence-electron chi connectivity index (χ1n) is 6.38. The van der Waals surface area contributed by atoms with Crippen LogP contribution in [-0.4, -0.2) is 5.16 Å². The van der Waals surface area contributed by atoms with Gasteiger partial charge in [0.05, 0.1) is 16.8 Å². The third kappa shape index (κ3) is 1.61. The van der Waals surface area contributed by atoms with Crippen LogP contribution in [0.25, 0.3) is 33.1 Å². The van der Waals surface area contributed by atoms with Gasteiger partial charge < -0.3 is 19.1 Å². The molecule has 4 rings (SSSR count). The summed E-state index contributed by atoms with van der Waals surface area (Å²) in [6.45, 7) is 3.73. The number of halogens is 1. The highest BCUT2D eigenvalue weighted by atomic mass is 35.5. The Kier molecular flexibility index (Phi) is 2.38. The van der Waals surface area contributed by atoms with Gasteiger partial charge in [-0.05, 0) is 26.0 Å². The fourth-order valence-electron chi connectivity index (χ4n) is 2.67. The van der Waals surface area contributed by atoms with E-state index in [9.17, 15) is 0 Å². The van der Waals surface area contributed by atoms with E-state index in [1.54, 1.807) is 6.20 Å². The fraction of sp³-hybridized carbons (Fsp3) is 0.133. The number of fused-ring (bicyclic) bond motifs is 2. The van der Waals surface area contributed by atoms with Crippen molar-refractivity contribution >= 4 is 39.4 Å². The molecule has 0 bridgehead atoms. The molecule has 0 aliphatic rings. The molecule has 0 unspecified atom stereocenters. The topological polar surface area (TPSA) is 78.3 Å². The summed E-state index contributed by atoms with van der Waals surface area (Å²) in [4.78, 5) is 0. The molecule has 0 amide bonds. The van der Waals surface area contributed by atoms with Crippen LogP contribution in [0.5, 0.6) is 0 Å². The zero-order chi connectivity index (χ0) is 14.7. The van der Waals surface area contributed by atoms with Gasteiger partial charge in [0.15, 0.2) is 5.58 Å². The molecule has 3 heterocycles. The predicted octanol–water partition coefficient (Wildman–Crippen LogP) is 4.69. The molecule has 2 N–H and O–H groups in total. The molecule has 5 nitrogen and oxygen atoms in total. The van der Waals surface area contributed by atoms with Crippen molar-refractivity contribution in [2.24, 2.45) is 0 Å². The van der Waals surface area contributed by atoms with Crippen LogP contribution < -0.4 is 5.73 Å². The van der Waals surface area contributed by atoms with Crippen molar-refractivity contribution in [2.75, 3.05) is 5.73 Å². The first-order valence-corrected chi connectivity index (χ1v) is 6.76. The molecule has 0 atom stereocenters. The van der Waals surface area contributed by atoms with E-state index in [1.165, 1.54) is 0 Å². The van der Waals surface area contributed by atoms with Crippen LogP contribution in [0.2, 0.25) is 5.02 Å². The molecule has 0 fully saturated rings. The van der Waals surface area contributed by atoms with Gasteiger partial charge in [-0.15, -0.1) is 0 Å². The Morgan fingerprint density at radius 3 is 2.38 bits per heavy atom. The Morgan fingerprint density at radius 2 is 1.71 bits per heavy atom. The second kappa shape index (κ2) is 4.05. The van der Waals surface area contributed by atoms with Gasteiger partial charge in [-0.25, -0.2) is 0 Å². The number of hydrogen-bond donors (Lipinski definition) is 1. The lowest BCUT2D eigenvalue weighted by Crippen LogP contribution is -1.86. The van der Waals surface area contributed by atoms with Crippen LogP contribution in [0, 0.1) is 13.8 Å². The van der Waals surface area contributed by atoms with Crippen molar-refractivity contribution in [2.45, 2.75) is 13.8 Å². The molecule has 0 radical (unpaired) electrons. The smallest absolute Gasteiger partial charge is 0.230 e. The van der Waals surface area contributed by atoms with E-state index in [0.29, 0.717) is 21.8 Å². The Balaban J connectivity index is 2.29. The number of aromatic nitrogens is 1. The number of aryl methyl sites for hydroxylation is 2. The Labute approximate surface area is 124 Å². The second-order valence-electron chi connectivity index (χ2n) is 4.99. The van der Waals surface area contributed by atoms with E-state index in [0.717, 1.165) is 27.9 Å². The van der Waals surface area contributed by atoms with Crippen molar-refractivity contribution in [1.29, 1.82) is 0 Å². The molecule has 106 valence electrons. The van der Waals surface area contributed by atoms with E-state index in [2.05, 4.69) is 5.16 Å². The zero-order valence-electron chi connectivity index (χ0n) is 11.4. The summed E-state index contributed by atoms with van der Waals surface area (Å²) in [5, 5.41) is 5.89. The van der Waals surface area contributed by atoms with Crippen molar-refractivity contribution in [3.63, 3.8) is 0 Å². The second-order valence-corrected chi connectivity index (χ2v) is 5.37. The lowest BCUT2D eigenvalue weighted by Gasteiger charge is -2.04.